The van der Waals surface area contributed by atoms with Crippen LogP contribution in [0.15, 0.2) is 40.6 Å². The lowest BCUT2D eigenvalue weighted by molar-refractivity contribution is -0.384. The second-order valence-electron chi connectivity index (χ2n) is 6.14. The first kappa shape index (κ1) is 20.6. The highest BCUT2D eigenvalue weighted by Gasteiger charge is 2.33. The Morgan fingerprint density at radius 2 is 2.07 bits per heavy atom. The van der Waals surface area contributed by atoms with E-state index in [1.54, 1.807) is 19.1 Å². The number of allylic oxidation sites excluding steroid dienone is 1. The topological polar surface area (TPSA) is 103 Å². The van der Waals surface area contributed by atoms with E-state index in [9.17, 15) is 14.9 Å². The van der Waals surface area contributed by atoms with Crippen molar-refractivity contribution in [3.05, 3.63) is 51.2 Å². The van der Waals surface area contributed by atoms with Crippen molar-refractivity contribution >= 4 is 17.4 Å². The Balaban J connectivity index is 2.28. The average Bonchev–Trinajstić information content (AvgIpc) is 2.67. The van der Waals surface area contributed by atoms with Crippen LogP contribution in [-0.2, 0) is 14.3 Å². The first-order valence-electron chi connectivity index (χ1n) is 9.02. The standard InChI is InChI=1S/C19H25N3O5/c1-4-9-26-10-11-27-19(23)17-13(3)20-21-16(5-2)18(17)14-7-6-8-15(12-14)22(24)25/h6-8,12,18,20H,4-5,9-11H2,1-3H3. The van der Waals surface area contributed by atoms with E-state index in [1.807, 2.05) is 13.8 Å². The van der Waals surface area contributed by atoms with Crippen LogP contribution in [0, 0.1) is 10.1 Å². The van der Waals surface area contributed by atoms with Gasteiger partial charge in [0.15, 0.2) is 0 Å². The van der Waals surface area contributed by atoms with Crippen LogP contribution in [0.3, 0.4) is 0 Å². The number of benzene rings is 1. The predicted molar refractivity (Wildman–Crippen MR) is 101 cm³/mol. The first-order valence-corrected chi connectivity index (χ1v) is 9.02. The summed E-state index contributed by atoms with van der Waals surface area (Å²) in [4.78, 5) is 23.4. The monoisotopic (exact) mass is 375 g/mol. The molecule has 1 aliphatic rings. The van der Waals surface area contributed by atoms with Gasteiger partial charge in [-0.3, -0.25) is 15.5 Å². The van der Waals surface area contributed by atoms with E-state index in [0.29, 0.717) is 36.5 Å². The quantitative estimate of drug-likeness (QED) is 0.307. The Bertz CT molecular complexity index is 757. The molecule has 1 atom stereocenters. The fourth-order valence-electron chi connectivity index (χ4n) is 2.91. The minimum Gasteiger partial charge on any atom is -0.460 e. The van der Waals surface area contributed by atoms with Gasteiger partial charge in [0.2, 0.25) is 0 Å². The van der Waals surface area contributed by atoms with E-state index in [-0.39, 0.29) is 12.3 Å². The molecule has 0 aromatic heterocycles. The summed E-state index contributed by atoms with van der Waals surface area (Å²) in [6, 6.07) is 6.28. The molecule has 1 N–H and O–H groups in total. The Morgan fingerprint density at radius 1 is 1.30 bits per heavy atom. The summed E-state index contributed by atoms with van der Waals surface area (Å²) in [6.07, 6.45) is 1.48. The SMILES string of the molecule is CCCOCCOC(=O)C1=C(C)NN=C(CC)C1c1cccc([N+](=O)[O-])c1. The van der Waals surface area contributed by atoms with Crippen LogP contribution in [0.1, 0.15) is 45.1 Å². The second-order valence-corrected chi connectivity index (χ2v) is 6.14. The highest BCUT2D eigenvalue weighted by molar-refractivity contribution is 6.04. The maximum absolute atomic E-state index is 12.7. The normalized spacial score (nSPS) is 16.6. The number of ether oxygens (including phenoxy) is 2. The van der Waals surface area contributed by atoms with Gasteiger partial charge in [-0.05, 0) is 25.3 Å². The van der Waals surface area contributed by atoms with Crippen LogP contribution in [0.25, 0.3) is 0 Å². The van der Waals surface area contributed by atoms with Crippen molar-refractivity contribution < 1.29 is 19.2 Å². The molecule has 1 aromatic carbocycles. The van der Waals surface area contributed by atoms with Gasteiger partial charge in [-0.1, -0.05) is 26.0 Å². The molecule has 0 saturated carbocycles. The number of nitro groups is 1. The minimum atomic E-state index is -0.486. The van der Waals surface area contributed by atoms with Gasteiger partial charge in [-0.2, -0.15) is 5.10 Å². The van der Waals surface area contributed by atoms with E-state index in [1.165, 1.54) is 12.1 Å². The summed E-state index contributed by atoms with van der Waals surface area (Å²) in [6.45, 7) is 6.76. The van der Waals surface area contributed by atoms with Crippen LogP contribution >= 0.6 is 0 Å². The van der Waals surface area contributed by atoms with Gasteiger partial charge in [-0.15, -0.1) is 0 Å². The molecule has 8 heteroatoms. The van der Waals surface area contributed by atoms with Crippen molar-refractivity contribution in [2.24, 2.45) is 5.10 Å². The third kappa shape index (κ3) is 5.13. The van der Waals surface area contributed by atoms with Gasteiger partial charge in [0.25, 0.3) is 5.69 Å². The van der Waals surface area contributed by atoms with Gasteiger partial charge in [0.05, 0.1) is 28.7 Å². The molecule has 8 nitrogen and oxygen atoms in total. The summed E-state index contributed by atoms with van der Waals surface area (Å²) < 4.78 is 10.7. The van der Waals surface area contributed by atoms with Crippen molar-refractivity contribution in [3.63, 3.8) is 0 Å². The Kier molecular flexibility index (Phi) is 7.48. The lowest BCUT2D eigenvalue weighted by Gasteiger charge is -2.27. The molecular weight excluding hydrogens is 350 g/mol. The summed E-state index contributed by atoms with van der Waals surface area (Å²) in [5.41, 5.74) is 5.18. The van der Waals surface area contributed by atoms with Crippen molar-refractivity contribution in [2.75, 3.05) is 19.8 Å². The zero-order valence-electron chi connectivity index (χ0n) is 15.9. The van der Waals surface area contributed by atoms with E-state index in [0.717, 1.165) is 12.1 Å². The highest BCUT2D eigenvalue weighted by atomic mass is 16.6. The van der Waals surface area contributed by atoms with Crippen LogP contribution in [-0.4, -0.2) is 36.4 Å². The summed E-state index contributed by atoms with van der Waals surface area (Å²) >= 11 is 0. The van der Waals surface area contributed by atoms with Crippen LogP contribution in [0.2, 0.25) is 0 Å². The maximum atomic E-state index is 12.7. The van der Waals surface area contributed by atoms with E-state index in [2.05, 4.69) is 10.5 Å². The molecule has 1 aliphatic heterocycles. The van der Waals surface area contributed by atoms with Crippen molar-refractivity contribution in [1.29, 1.82) is 0 Å². The smallest absolute Gasteiger partial charge is 0.336 e. The van der Waals surface area contributed by atoms with E-state index >= 15 is 0 Å². The summed E-state index contributed by atoms with van der Waals surface area (Å²) in [5.74, 6) is -0.960. The van der Waals surface area contributed by atoms with E-state index < -0.39 is 16.8 Å². The van der Waals surface area contributed by atoms with Gasteiger partial charge >= 0.3 is 5.97 Å². The maximum Gasteiger partial charge on any atom is 0.336 e. The molecule has 0 saturated heterocycles. The molecule has 1 aromatic rings. The third-order valence-corrected chi connectivity index (χ3v) is 4.20. The molecule has 146 valence electrons. The van der Waals surface area contributed by atoms with Gasteiger partial charge in [0.1, 0.15) is 6.61 Å². The number of hydrogen-bond acceptors (Lipinski definition) is 7. The van der Waals surface area contributed by atoms with Crippen LogP contribution in [0.5, 0.6) is 0 Å². The number of nitrogens with zero attached hydrogens (tertiary/aromatic N) is 2. The molecule has 0 aliphatic carbocycles. The number of hydrazone groups is 1. The van der Waals surface area contributed by atoms with Gasteiger partial charge in [0, 0.05) is 24.4 Å². The number of carbonyl (C=O) groups excluding carboxylic acids is 1. The molecular formula is C19H25N3O5. The predicted octanol–water partition coefficient (Wildman–Crippen LogP) is 3.29. The van der Waals surface area contributed by atoms with Gasteiger partial charge < -0.3 is 9.47 Å². The lowest BCUT2D eigenvalue weighted by atomic mass is 9.83. The molecule has 27 heavy (non-hydrogen) atoms. The zero-order valence-corrected chi connectivity index (χ0v) is 15.9. The number of carbonyl (C=O) groups is 1. The second kappa shape index (κ2) is 9.82. The highest BCUT2D eigenvalue weighted by Crippen LogP contribution is 2.34. The number of hydrogen-bond donors (Lipinski definition) is 1. The first-order chi connectivity index (χ1) is 13.0. The Morgan fingerprint density at radius 3 is 2.74 bits per heavy atom. The largest absolute Gasteiger partial charge is 0.460 e. The molecule has 0 fully saturated rings. The number of nitrogens with one attached hydrogen (secondary N) is 1. The molecule has 0 bridgehead atoms. The number of esters is 1. The summed E-state index contributed by atoms with van der Waals surface area (Å²) in [7, 11) is 0. The van der Waals surface area contributed by atoms with E-state index in [4.69, 9.17) is 9.47 Å². The van der Waals surface area contributed by atoms with Gasteiger partial charge in [-0.25, -0.2) is 4.79 Å². The number of non-ortho nitro benzene ring substituents is 1. The van der Waals surface area contributed by atoms with Crippen molar-refractivity contribution in [2.45, 2.75) is 39.5 Å². The molecule has 1 heterocycles. The Labute approximate surface area is 158 Å². The van der Waals surface area contributed by atoms with Crippen LogP contribution < -0.4 is 5.43 Å². The van der Waals surface area contributed by atoms with Crippen molar-refractivity contribution in [3.8, 4) is 0 Å². The Hall–Kier alpha value is -2.74. The average molecular weight is 375 g/mol. The third-order valence-electron chi connectivity index (χ3n) is 4.20. The van der Waals surface area contributed by atoms with Crippen LogP contribution in [0.4, 0.5) is 5.69 Å². The fraction of sp³-hybridized carbons (Fsp3) is 0.474. The molecule has 1 unspecified atom stereocenters. The molecule has 0 radical (unpaired) electrons. The minimum absolute atomic E-state index is 0.0279. The molecule has 2 rings (SSSR count). The molecule has 0 spiro atoms. The fourth-order valence-corrected chi connectivity index (χ4v) is 2.91. The lowest BCUT2D eigenvalue weighted by Crippen LogP contribution is -2.31. The zero-order chi connectivity index (χ0) is 19.8. The summed E-state index contributed by atoms with van der Waals surface area (Å²) in [5, 5.41) is 15.5. The number of nitro benzene ring substituents is 1. The molecule has 0 amide bonds. The van der Waals surface area contributed by atoms with Crippen molar-refractivity contribution in [1.82, 2.24) is 5.43 Å². The number of rotatable bonds is 9.